The average molecular weight is 253 g/mol. The molecule has 1 amide bonds. The van der Waals surface area contributed by atoms with Gasteiger partial charge in [0.15, 0.2) is 0 Å². The molecule has 0 unspecified atom stereocenters. The fraction of sp³-hybridized carbons (Fsp3) is 0.462. The number of likely N-dealkylation sites (tertiary alicyclic amines) is 1. The molecule has 4 heteroatoms. The first-order valence-electron chi connectivity index (χ1n) is 5.93. The Morgan fingerprint density at radius 2 is 2.24 bits per heavy atom. The van der Waals surface area contributed by atoms with Crippen LogP contribution in [0.15, 0.2) is 24.3 Å². The molecule has 0 bridgehead atoms. The lowest BCUT2D eigenvalue weighted by Gasteiger charge is -2.30. The summed E-state index contributed by atoms with van der Waals surface area (Å²) in [6.45, 7) is 1.49. The van der Waals surface area contributed by atoms with Crippen LogP contribution in [0.25, 0.3) is 0 Å². The van der Waals surface area contributed by atoms with Crippen molar-refractivity contribution in [2.75, 3.05) is 13.1 Å². The number of carbonyl (C=O) groups excluding carboxylic acids is 1. The van der Waals surface area contributed by atoms with E-state index in [4.69, 9.17) is 17.3 Å². The van der Waals surface area contributed by atoms with Gasteiger partial charge in [-0.05, 0) is 24.5 Å². The predicted molar refractivity (Wildman–Crippen MR) is 68.9 cm³/mol. The number of nitrogens with zero attached hydrogens (tertiary/aromatic N) is 1. The van der Waals surface area contributed by atoms with Crippen LogP contribution in [0.2, 0.25) is 5.02 Å². The molecule has 17 heavy (non-hydrogen) atoms. The number of piperidine rings is 1. The van der Waals surface area contributed by atoms with Gasteiger partial charge in [-0.25, -0.2) is 0 Å². The zero-order valence-electron chi connectivity index (χ0n) is 9.73. The zero-order valence-corrected chi connectivity index (χ0v) is 10.5. The molecule has 2 N–H and O–H groups in total. The Kier molecular flexibility index (Phi) is 4.02. The van der Waals surface area contributed by atoms with E-state index in [-0.39, 0.29) is 11.9 Å². The minimum Gasteiger partial charge on any atom is -0.341 e. The molecule has 0 aromatic heterocycles. The van der Waals surface area contributed by atoms with E-state index in [1.54, 1.807) is 0 Å². The monoisotopic (exact) mass is 252 g/mol. The smallest absolute Gasteiger partial charge is 0.227 e. The van der Waals surface area contributed by atoms with Gasteiger partial charge in [0.05, 0.1) is 6.42 Å². The maximum atomic E-state index is 12.1. The van der Waals surface area contributed by atoms with E-state index in [1.165, 1.54) is 0 Å². The molecule has 1 aliphatic rings. The van der Waals surface area contributed by atoms with Crippen molar-refractivity contribution >= 4 is 17.5 Å². The molecule has 1 aromatic carbocycles. The van der Waals surface area contributed by atoms with Gasteiger partial charge in [-0.3, -0.25) is 4.79 Å². The second-order valence-corrected chi connectivity index (χ2v) is 4.92. The van der Waals surface area contributed by atoms with Crippen molar-refractivity contribution in [2.45, 2.75) is 25.3 Å². The van der Waals surface area contributed by atoms with E-state index in [1.807, 2.05) is 29.2 Å². The van der Waals surface area contributed by atoms with E-state index in [2.05, 4.69) is 0 Å². The summed E-state index contributed by atoms with van der Waals surface area (Å²) in [5, 5.41) is 0.655. The molecule has 1 heterocycles. The molecule has 3 nitrogen and oxygen atoms in total. The van der Waals surface area contributed by atoms with Crippen LogP contribution >= 0.6 is 11.6 Å². The van der Waals surface area contributed by atoms with Crippen LogP contribution < -0.4 is 5.73 Å². The van der Waals surface area contributed by atoms with E-state index < -0.39 is 0 Å². The highest BCUT2D eigenvalue weighted by Gasteiger charge is 2.21. The number of hydrogen-bond acceptors (Lipinski definition) is 2. The predicted octanol–water partition coefficient (Wildman–Crippen LogP) is 1.83. The maximum absolute atomic E-state index is 12.1. The minimum absolute atomic E-state index is 0.119. The molecule has 0 aliphatic carbocycles. The minimum atomic E-state index is 0.119. The topological polar surface area (TPSA) is 46.3 Å². The summed E-state index contributed by atoms with van der Waals surface area (Å²) >= 11 is 6.04. The van der Waals surface area contributed by atoms with Gasteiger partial charge in [0.25, 0.3) is 0 Å². The molecule has 1 aliphatic heterocycles. The molecule has 1 atom stereocenters. The van der Waals surface area contributed by atoms with Gasteiger partial charge in [0.2, 0.25) is 5.91 Å². The van der Waals surface area contributed by atoms with Crippen molar-refractivity contribution in [1.82, 2.24) is 4.90 Å². The summed E-state index contributed by atoms with van der Waals surface area (Å²) < 4.78 is 0. The Morgan fingerprint density at radius 1 is 1.47 bits per heavy atom. The molecule has 1 fully saturated rings. The number of benzene rings is 1. The zero-order chi connectivity index (χ0) is 12.3. The van der Waals surface area contributed by atoms with Gasteiger partial charge in [-0.15, -0.1) is 0 Å². The van der Waals surface area contributed by atoms with Gasteiger partial charge >= 0.3 is 0 Å². The van der Waals surface area contributed by atoms with Crippen LogP contribution in [0.3, 0.4) is 0 Å². The summed E-state index contributed by atoms with van der Waals surface area (Å²) in [5.74, 6) is 0.119. The van der Waals surface area contributed by atoms with Crippen LogP contribution in [0, 0.1) is 0 Å². The third kappa shape index (κ3) is 3.20. The highest BCUT2D eigenvalue weighted by molar-refractivity contribution is 6.31. The average Bonchev–Trinajstić information content (AvgIpc) is 2.32. The summed E-state index contributed by atoms with van der Waals surface area (Å²) in [5.41, 5.74) is 6.75. The fourth-order valence-electron chi connectivity index (χ4n) is 2.15. The van der Waals surface area contributed by atoms with Gasteiger partial charge < -0.3 is 10.6 Å². The van der Waals surface area contributed by atoms with Crippen LogP contribution in [-0.4, -0.2) is 29.9 Å². The molecule has 92 valence electrons. The fourth-order valence-corrected chi connectivity index (χ4v) is 2.36. The number of carbonyl (C=O) groups is 1. The Balaban J connectivity index is 1.99. The number of hydrogen-bond donors (Lipinski definition) is 1. The van der Waals surface area contributed by atoms with Crippen molar-refractivity contribution in [2.24, 2.45) is 5.73 Å². The summed E-state index contributed by atoms with van der Waals surface area (Å²) in [6, 6.07) is 7.60. The Morgan fingerprint density at radius 3 is 2.94 bits per heavy atom. The van der Waals surface area contributed by atoms with E-state index in [9.17, 15) is 4.79 Å². The Labute approximate surface area is 107 Å². The maximum Gasteiger partial charge on any atom is 0.227 e. The van der Waals surface area contributed by atoms with Crippen LogP contribution in [0.1, 0.15) is 18.4 Å². The van der Waals surface area contributed by atoms with E-state index >= 15 is 0 Å². The van der Waals surface area contributed by atoms with Crippen molar-refractivity contribution < 1.29 is 4.79 Å². The summed E-state index contributed by atoms with van der Waals surface area (Å²) in [4.78, 5) is 13.9. The van der Waals surface area contributed by atoms with Crippen molar-refractivity contribution in [3.05, 3.63) is 34.9 Å². The lowest BCUT2D eigenvalue weighted by molar-refractivity contribution is -0.131. The first-order valence-corrected chi connectivity index (χ1v) is 6.31. The molecule has 0 spiro atoms. The summed E-state index contributed by atoms with van der Waals surface area (Å²) in [7, 11) is 0. The van der Waals surface area contributed by atoms with Crippen molar-refractivity contribution in [3.63, 3.8) is 0 Å². The highest BCUT2D eigenvalue weighted by Crippen LogP contribution is 2.17. The normalized spacial score (nSPS) is 20.4. The highest BCUT2D eigenvalue weighted by atomic mass is 35.5. The first-order chi connectivity index (χ1) is 8.16. The Hall–Kier alpha value is -1.06. The summed E-state index contributed by atoms with van der Waals surface area (Å²) in [6.07, 6.45) is 2.37. The number of nitrogens with two attached hydrogens (primary N) is 1. The molecule has 0 radical (unpaired) electrons. The number of halogens is 1. The van der Waals surface area contributed by atoms with E-state index in [0.717, 1.165) is 24.9 Å². The molecular weight excluding hydrogens is 236 g/mol. The van der Waals surface area contributed by atoms with Crippen LogP contribution in [0.4, 0.5) is 0 Å². The van der Waals surface area contributed by atoms with Gasteiger partial charge in [-0.2, -0.15) is 0 Å². The number of amides is 1. The van der Waals surface area contributed by atoms with E-state index in [0.29, 0.717) is 18.0 Å². The van der Waals surface area contributed by atoms with Gasteiger partial charge in [0, 0.05) is 24.2 Å². The lowest BCUT2D eigenvalue weighted by atomic mass is 10.1. The third-order valence-corrected chi connectivity index (χ3v) is 3.48. The molecular formula is C13H17ClN2O. The van der Waals surface area contributed by atoms with Crippen molar-refractivity contribution in [1.29, 1.82) is 0 Å². The lowest BCUT2D eigenvalue weighted by Crippen LogP contribution is -2.46. The first kappa shape index (κ1) is 12.4. The van der Waals surface area contributed by atoms with Gasteiger partial charge in [-0.1, -0.05) is 29.8 Å². The standard InChI is InChI=1S/C13H17ClN2O/c14-12-6-2-1-4-10(12)8-13(17)16-7-3-5-11(15)9-16/h1-2,4,6,11H,3,5,7-9,15H2/t11-/m0/s1. The SMILES string of the molecule is N[C@H]1CCCN(C(=O)Cc2ccccc2Cl)C1. The quantitative estimate of drug-likeness (QED) is 0.873. The number of rotatable bonds is 2. The Bertz CT molecular complexity index is 408. The largest absolute Gasteiger partial charge is 0.341 e. The molecule has 1 aromatic rings. The second-order valence-electron chi connectivity index (χ2n) is 4.51. The second kappa shape index (κ2) is 5.52. The van der Waals surface area contributed by atoms with Crippen LogP contribution in [-0.2, 0) is 11.2 Å². The third-order valence-electron chi connectivity index (χ3n) is 3.11. The van der Waals surface area contributed by atoms with Gasteiger partial charge in [0.1, 0.15) is 0 Å². The van der Waals surface area contributed by atoms with Crippen LogP contribution in [0.5, 0.6) is 0 Å². The molecule has 2 rings (SSSR count). The molecule has 0 saturated carbocycles. The van der Waals surface area contributed by atoms with Crippen molar-refractivity contribution in [3.8, 4) is 0 Å². The molecule has 1 saturated heterocycles.